The number of carbonyl (C=O) groups excluding carboxylic acids is 1. The summed E-state index contributed by atoms with van der Waals surface area (Å²) in [5.74, 6) is -0.412. The molecule has 0 amide bonds. The molecule has 0 aliphatic heterocycles. The van der Waals surface area contributed by atoms with E-state index in [0.29, 0.717) is 6.54 Å². The maximum Gasteiger partial charge on any atom is 0.341 e. The molecule has 0 bridgehead atoms. The number of hydrogen-bond acceptors (Lipinski definition) is 6. The number of hydrogen-bond donors (Lipinski definition) is 1. The first kappa shape index (κ1) is 19.4. The molecule has 0 aromatic heterocycles. The molecule has 23 heavy (non-hydrogen) atoms. The van der Waals surface area contributed by atoms with Crippen LogP contribution in [0.4, 0.5) is 0 Å². The molecule has 130 valence electrons. The third-order valence-electron chi connectivity index (χ3n) is 3.49. The van der Waals surface area contributed by atoms with E-state index in [4.69, 9.17) is 10.5 Å². The van der Waals surface area contributed by atoms with Crippen molar-refractivity contribution in [3.05, 3.63) is 23.8 Å². The Hall–Kier alpha value is -1.64. The maximum absolute atomic E-state index is 12.7. The standard InChI is InChI=1S/C15H24N2O5S/c1-15(2,9-16)10-17(3)23(19,20)11-6-7-13(21-4)12(8-11)14(18)22-5/h6-8H,9-10,16H2,1-5H3. The lowest BCUT2D eigenvalue weighted by molar-refractivity contribution is 0.0596. The Balaban J connectivity index is 3.26. The summed E-state index contributed by atoms with van der Waals surface area (Å²) in [6.07, 6.45) is 0. The zero-order valence-electron chi connectivity index (χ0n) is 14.1. The molecule has 0 heterocycles. The number of methoxy groups -OCH3 is 2. The van der Waals surface area contributed by atoms with Crippen molar-refractivity contribution in [3.8, 4) is 5.75 Å². The molecule has 0 unspecified atom stereocenters. The second kappa shape index (κ2) is 7.29. The lowest BCUT2D eigenvalue weighted by atomic mass is 9.94. The monoisotopic (exact) mass is 344 g/mol. The quantitative estimate of drug-likeness (QED) is 0.743. The summed E-state index contributed by atoms with van der Waals surface area (Å²) >= 11 is 0. The molecule has 7 nitrogen and oxygen atoms in total. The predicted octanol–water partition coefficient (Wildman–Crippen LogP) is 1.09. The maximum atomic E-state index is 12.7. The van der Waals surface area contributed by atoms with Crippen molar-refractivity contribution in [2.45, 2.75) is 18.7 Å². The first-order chi connectivity index (χ1) is 10.6. The Labute approximate surface area is 137 Å². The lowest BCUT2D eigenvalue weighted by Gasteiger charge is -2.28. The zero-order chi connectivity index (χ0) is 17.8. The summed E-state index contributed by atoms with van der Waals surface area (Å²) < 4.78 is 36.3. The van der Waals surface area contributed by atoms with E-state index < -0.39 is 16.0 Å². The minimum absolute atomic E-state index is 0.00554. The van der Waals surface area contributed by atoms with E-state index in [2.05, 4.69) is 4.74 Å². The Morgan fingerprint density at radius 1 is 1.30 bits per heavy atom. The molecule has 0 spiro atoms. The number of nitrogens with two attached hydrogens (primary N) is 1. The van der Waals surface area contributed by atoms with E-state index in [9.17, 15) is 13.2 Å². The summed E-state index contributed by atoms with van der Waals surface area (Å²) in [6.45, 7) is 4.37. The summed E-state index contributed by atoms with van der Waals surface area (Å²) in [5.41, 5.74) is 5.35. The van der Waals surface area contributed by atoms with Gasteiger partial charge in [-0.15, -0.1) is 0 Å². The minimum atomic E-state index is -3.76. The normalized spacial score (nSPS) is 12.3. The number of rotatable bonds is 7. The molecule has 0 saturated carbocycles. The highest BCUT2D eigenvalue weighted by Gasteiger charge is 2.28. The number of esters is 1. The fourth-order valence-electron chi connectivity index (χ4n) is 2.05. The van der Waals surface area contributed by atoms with Gasteiger partial charge >= 0.3 is 5.97 Å². The van der Waals surface area contributed by atoms with Crippen LogP contribution in [0.15, 0.2) is 23.1 Å². The van der Waals surface area contributed by atoms with Crippen LogP contribution in [0.2, 0.25) is 0 Å². The number of nitrogens with zero attached hydrogens (tertiary/aromatic N) is 1. The van der Waals surface area contributed by atoms with Crippen LogP contribution in [0.1, 0.15) is 24.2 Å². The molecule has 8 heteroatoms. The topological polar surface area (TPSA) is 98.9 Å². The van der Waals surface area contributed by atoms with Gasteiger partial charge in [-0.1, -0.05) is 13.8 Å². The van der Waals surface area contributed by atoms with Crippen LogP contribution in [0.5, 0.6) is 5.75 Å². The van der Waals surface area contributed by atoms with Gasteiger partial charge in [0, 0.05) is 13.6 Å². The van der Waals surface area contributed by atoms with Crippen molar-refractivity contribution in [1.29, 1.82) is 0 Å². The van der Waals surface area contributed by atoms with Crippen LogP contribution in [0.3, 0.4) is 0 Å². The fourth-order valence-corrected chi connectivity index (χ4v) is 3.44. The molecule has 0 aliphatic rings. The molecule has 0 aliphatic carbocycles. The van der Waals surface area contributed by atoms with Crippen LogP contribution in [-0.2, 0) is 14.8 Å². The molecule has 1 aromatic carbocycles. The molecular weight excluding hydrogens is 320 g/mol. The van der Waals surface area contributed by atoms with E-state index >= 15 is 0 Å². The van der Waals surface area contributed by atoms with Crippen molar-refractivity contribution in [2.75, 3.05) is 34.4 Å². The summed E-state index contributed by atoms with van der Waals surface area (Å²) in [7, 11) is 0.340. The van der Waals surface area contributed by atoms with Gasteiger partial charge in [-0.3, -0.25) is 0 Å². The molecule has 0 fully saturated rings. The number of carbonyl (C=O) groups is 1. The van der Waals surface area contributed by atoms with E-state index in [-0.39, 0.29) is 28.2 Å². The van der Waals surface area contributed by atoms with Gasteiger partial charge in [-0.05, 0) is 30.2 Å². The van der Waals surface area contributed by atoms with Crippen molar-refractivity contribution < 1.29 is 22.7 Å². The SMILES string of the molecule is COC(=O)c1cc(S(=O)(=O)N(C)CC(C)(C)CN)ccc1OC. The summed E-state index contributed by atoms with van der Waals surface area (Å²) in [4.78, 5) is 11.8. The average Bonchev–Trinajstić information content (AvgIpc) is 2.52. The van der Waals surface area contributed by atoms with Gasteiger partial charge in [-0.25, -0.2) is 17.5 Å². The van der Waals surface area contributed by atoms with Gasteiger partial charge in [0.15, 0.2) is 0 Å². The van der Waals surface area contributed by atoms with E-state index in [1.807, 2.05) is 13.8 Å². The third kappa shape index (κ3) is 4.43. The van der Waals surface area contributed by atoms with Gasteiger partial charge < -0.3 is 15.2 Å². The Kier molecular flexibility index (Phi) is 6.15. The predicted molar refractivity (Wildman–Crippen MR) is 87.0 cm³/mol. The van der Waals surface area contributed by atoms with Crippen LogP contribution < -0.4 is 10.5 Å². The van der Waals surface area contributed by atoms with Gasteiger partial charge in [0.2, 0.25) is 10.0 Å². The fraction of sp³-hybridized carbons (Fsp3) is 0.533. The zero-order valence-corrected chi connectivity index (χ0v) is 14.9. The molecular formula is C15H24N2O5S. The molecule has 0 atom stereocenters. The van der Waals surface area contributed by atoms with Crippen molar-refractivity contribution >= 4 is 16.0 Å². The van der Waals surface area contributed by atoms with Crippen LogP contribution in [0.25, 0.3) is 0 Å². The highest BCUT2D eigenvalue weighted by molar-refractivity contribution is 7.89. The third-order valence-corrected chi connectivity index (χ3v) is 5.29. The summed E-state index contributed by atoms with van der Waals surface area (Å²) in [5, 5.41) is 0. The van der Waals surface area contributed by atoms with Crippen LogP contribution >= 0.6 is 0 Å². The van der Waals surface area contributed by atoms with Gasteiger partial charge in [0.25, 0.3) is 0 Å². The number of sulfonamides is 1. The first-order valence-electron chi connectivity index (χ1n) is 7.02. The van der Waals surface area contributed by atoms with Crippen LogP contribution in [0, 0.1) is 5.41 Å². The number of ether oxygens (including phenoxy) is 2. The minimum Gasteiger partial charge on any atom is -0.496 e. The highest BCUT2D eigenvalue weighted by Crippen LogP contribution is 2.26. The smallest absolute Gasteiger partial charge is 0.341 e. The van der Waals surface area contributed by atoms with Gasteiger partial charge in [-0.2, -0.15) is 0 Å². The Morgan fingerprint density at radius 3 is 2.39 bits per heavy atom. The highest BCUT2D eigenvalue weighted by atomic mass is 32.2. The molecule has 0 saturated heterocycles. The molecule has 1 rings (SSSR count). The van der Waals surface area contributed by atoms with E-state index in [1.165, 1.54) is 43.8 Å². The second-order valence-electron chi connectivity index (χ2n) is 5.98. The lowest BCUT2D eigenvalue weighted by Crippen LogP contribution is -2.39. The molecule has 2 N–H and O–H groups in total. The second-order valence-corrected chi connectivity index (χ2v) is 8.03. The average molecular weight is 344 g/mol. The molecule has 1 aromatic rings. The number of benzene rings is 1. The van der Waals surface area contributed by atoms with E-state index in [0.717, 1.165) is 0 Å². The van der Waals surface area contributed by atoms with Crippen molar-refractivity contribution in [1.82, 2.24) is 4.31 Å². The molecule has 0 radical (unpaired) electrons. The van der Waals surface area contributed by atoms with E-state index in [1.54, 1.807) is 0 Å². The largest absolute Gasteiger partial charge is 0.496 e. The van der Waals surface area contributed by atoms with Crippen molar-refractivity contribution in [2.24, 2.45) is 11.1 Å². The van der Waals surface area contributed by atoms with Gasteiger partial charge in [0.1, 0.15) is 11.3 Å². The van der Waals surface area contributed by atoms with Crippen molar-refractivity contribution in [3.63, 3.8) is 0 Å². The Morgan fingerprint density at radius 2 is 1.91 bits per heavy atom. The van der Waals surface area contributed by atoms with Gasteiger partial charge in [0.05, 0.1) is 19.1 Å². The Bertz CT molecular complexity index is 670. The summed E-state index contributed by atoms with van der Waals surface area (Å²) in [6, 6.07) is 4.08. The van der Waals surface area contributed by atoms with Crippen LogP contribution in [-0.4, -0.2) is 53.0 Å². The first-order valence-corrected chi connectivity index (χ1v) is 8.46.